The van der Waals surface area contributed by atoms with Gasteiger partial charge in [0, 0.05) is 15.4 Å². The van der Waals surface area contributed by atoms with E-state index in [2.05, 4.69) is 20.9 Å². The topological polar surface area (TPSA) is 50.2 Å². The standard InChI is InChI=1S/C16H8BrF2NO2/c17-12-3-1-2-9-10(16(21)22)7-14(20-15(9)12)11-6-8(18)4-5-13(11)19/h1-7H,(H,21,22). The van der Waals surface area contributed by atoms with Crippen molar-refractivity contribution in [3.8, 4) is 11.3 Å². The number of benzene rings is 2. The molecule has 3 nitrogen and oxygen atoms in total. The van der Waals surface area contributed by atoms with Crippen LogP contribution in [0.4, 0.5) is 8.78 Å². The van der Waals surface area contributed by atoms with Gasteiger partial charge in [-0.3, -0.25) is 0 Å². The number of nitrogens with zero attached hydrogens (tertiary/aromatic N) is 1. The van der Waals surface area contributed by atoms with Crippen LogP contribution in [-0.2, 0) is 0 Å². The van der Waals surface area contributed by atoms with Gasteiger partial charge in [-0.15, -0.1) is 0 Å². The molecule has 1 heterocycles. The van der Waals surface area contributed by atoms with Crippen LogP contribution < -0.4 is 0 Å². The average Bonchev–Trinajstić information content (AvgIpc) is 2.49. The van der Waals surface area contributed by atoms with E-state index in [-0.39, 0.29) is 16.8 Å². The van der Waals surface area contributed by atoms with Gasteiger partial charge in [-0.2, -0.15) is 0 Å². The molecule has 0 spiro atoms. The Kier molecular flexibility index (Phi) is 3.62. The van der Waals surface area contributed by atoms with Gasteiger partial charge in [0.15, 0.2) is 0 Å². The average molecular weight is 364 g/mol. The van der Waals surface area contributed by atoms with Crippen LogP contribution in [0, 0.1) is 11.6 Å². The fraction of sp³-hybridized carbons (Fsp3) is 0. The van der Waals surface area contributed by atoms with Crippen LogP contribution in [0.25, 0.3) is 22.2 Å². The van der Waals surface area contributed by atoms with Crippen molar-refractivity contribution in [3.05, 3.63) is 64.1 Å². The van der Waals surface area contributed by atoms with Crippen LogP contribution in [-0.4, -0.2) is 16.1 Å². The zero-order valence-electron chi connectivity index (χ0n) is 11.0. The number of carboxylic acid groups (broad SMARTS) is 1. The van der Waals surface area contributed by atoms with Crippen molar-refractivity contribution in [3.63, 3.8) is 0 Å². The van der Waals surface area contributed by atoms with E-state index in [0.29, 0.717) is 15.4 Å². The molecule has 3 rings (SSSR count). The second-order valence-corrected chi connectivity index (χ2v) is 5.47. The molecular formula is C16H8BrF2NO2. The summed E-state index contributed by atoms with van der Waals surface area (Å²) in [7, 11) is 0. The van der Waals surface area contributed by atoms with Crippen molar-refractivity contribution in [2.45, 2.75) is 0 Å². The van der Waals surface area contributed by atoms with E-state index in [4.69, 9.17) is 0 Å². The highest BCUT2D eigenvalue weighted by Gasteiger charge is 2.16. The number of para-hydroxylation sites is 1. The SMILES string of the molecule is O=C(O)c1cc(-c2cc(F)ccc2F)nc2c(Br)cccc12. The summed E-state index contributed by atoms with van der Waals surface area (Å²) in [4.78, 5) is 15.7. The Labute approximate surface area is 132 Å². The minimum Gasteiger partial charge on any atom is -0.478 e. The van der Waals surface area contributed by atoms with Crippen LogP contribution >= 0.6 is 15.9 Å². The number of fused-ring (bicyclic) bond motifs is 1. The summed E-state index contributed by atoms with van der Waals surface area (Å²) in [5, 5.41) is 9.78. The Morgan fingerprint density at radius 3 is 2.64 bits per heavy atom. The van der Waals surface area contributed by atoms with Gasteiger partial charge in [-0.25, -0.2) is 18.6 Å². The number of aromatic carboxylic acids is 1. The van der Waals surface area contributed by atoms with E-state index >= 15 is 0 Å². The van der Waals surface area contributed by atoms with E-state index in [9.17, 15) is 18.7 Å². The van der Waals surface area contributed by atoms with Gasteiger partial charge in [0.2, 0.25) is 0 Å². The lowest BCUT2D eigenvalue weighted by Crippen LogP contribution is -2.01. The number of pyridine rings is 1. The smallest absolute Gasteiger partial charge is 0.336 e. The van der Waals surface area contributed by atoms with E-state index in [1.165, 1.54) is 6.07 Å². The third kappa shape index (κ3) is 2.46. The molecule has 0 unspecified atom stereocenters. The molecule has 0 aliphatic carbocycles. The van der Waals surface area contributed by atoms with Crippen molar-refractivity contribution in [1.82, 2.24) is 4.98 Å². The maximum atomic E-state index is 13.9. The van der Waals surface area contributed by atoms with Gasteiger partial charge in [0.05, 0.1) is 16.8 Å². The third-order valence-corrected chi connectivity index (χ3v) is 3.86. The number of carbonyl (C=O) groups is 1. The summed E-state index contributed by atoms with van der Waals surface area (Å²) in [5.74, 6) is -2.46. The number of hydrogen-bond acceptors (Lipinski definition) is 2. The van der Waals surface area contributed by atoms with Crippen LogP contribution in [0.1, 0.15) is 10.4 Å². The van der Waals surface area contributed by atoms with Crippen molar-refractivity contribution in [2.75, 3.05) is 0 Å². The summed E-state index contributed by atoms with van der Waals surface area (Å²) in [5.41, 5.74) is 0.333. The monoisotopic (exact) mass is 363 g/mol. The molecule has 0 saturated carbocycles. The second-order valence-electron chi connectivity index (χ2n) is 4.62. The first-order valence-corrected chi connectivity index (χ1v) is 7.04. The first kappa shape index (κ1) is 14.6. The molecular weight excluding hydrogens is 356 g/mol. The highest BCUT2D eigenvalue weighted by molar-refractivity contribution is 9.10. The molecule has 0 radical (unpaired) electrons. The van der Waals surface area contributed by atoms with Crippen molar-refractivity contribution in [2.24, 2.45) is 0 Å². The summed E-state index contributed by atoms with van der Waals surface area (Å²) < 4.78 is 27.9. The quantitative estimate of drug-likeness (QED) is 0.721. The highest BCUT2D eigenvalue weighted by atomic mass is 79.9. The van der Waals surface area contributed by atoms with Crippen molar-refractivity contribution >= 4 is 32.8 Å². The van der Waals surface area contributed by atoms with Crippen LogP contribution in [0.2, 0.25) is 0 Å². The van der Waals surface area contributed by atoms with Gasteiger partial charge >= 0.3 is 5.97 Å². The third-order valence-electron chi connectivity index (χ3n) is 3.23. The fourth-order valence-electron chi connectivity index (χ4n) is 2.22. The molecule has 0 bridgehead atoms. The second kappa shape index (κ2) is 5.46. The Morgan fingerprint density at radius 2 is 1.91 bits per heavy atom. The molecule has 0 atom stereocenters. The molecule has 1 aromatic heterocycles. The van der Waals surface area contributed by atoms with Gasteiger partial charge in [0.1, 0.15) is 11.6 Å². The number of aromatic nitrogens is 1. The molecule has 6 heteroatoms. The highest BCUT2D eigenvalue weighted by Crippen LogP contribution is 2.30. The Balaban J connectivity index is 2.38. The molecule has 3 aromatic rings. The maximum Gasteiger partial charge on any atom is 0.336 e. The fourth-order valence-corrected chi connectivity index (χ4v) is 2.68. The van der Waals surface area contributed by atoms with Crippen LogP contribution in [0.15, 0.2) is 46.9 Å². The van der Waals surface area contributed by atoms with E-state index in [1.54, 1.807) is 18.2 Å². The summed E-state index contributed by atoms with van der Waals surface area (Å²) in [6, 6.07) is 9.21. The van der Waals surface area contributed by atoms with Gasteiger partial charge in [-0.05, 0) is 46.3 Å². The van der Waals surface area contributed by atoms with Crippen molar-refractivity contribution in [1.29, 1.82) is 0 Å². The molecule has 0 amide bonds. The summed E-state index contributed by atoms with van der Waals surface area (Å²) in [6.07, 6.45) is 0. The molecule has 110 valence electrons. The molecule has 0 fully saturated rings. The van der Waals surface area contributed by atoms with E-state index < -0.39 is 17.6 Å². The minimum absolute atomic E-state index is 0.0232. The molecule has 0 aliphatic heterocycles. The first-order valence-electron chi connectivity index (χ1n) is 6.25. The van der Waals surface area contributed by atoms with Crippen molar-refractivity contribution < 1.29 is 18.7 Å². The van der Waals surface area contributed by atoms with Gasteiger partial charge < -0.3 is 5.11 Å². The molecule has 0 saturated heterocycles. The lowest BCUT2D eigenvalue weighted by molar-refractivity contribution is 0.0699. The number of hydrogen-bond donors (Lipinski definition) is 1. The molecule has 2 aromatic carbocycles. The lowest BCUT2D eigenvalue weighted by Gasteiger charge is -2.09. The number of halogens is 3. The normalized spacial score (nSPS) is 10.9. The molecule has 0 aliphatic rings. The van der Waals surface area contributed by atoms with Crippen LogP contribution in [0.5, 0.6) is 0 Å². The van der Waals surface area contributed by atoms with Gasteiger partial charge in [0.25, 0.3) is 0 Å². The number of rotatable bonds is 2. The molecule has 1 N–H and O–H groups in total. The largest absolute Gasteiger partial charge is 0.478 e. The number of carboxylic acids is 1. The van der Waals surface area contributed by atoms with Crippen LogP contribution in [0.3, 0.4) is 0 Å². The minimum atomic E-state index is -1.16. The zero-order chi connectivity index (χ0) is 15.9. The maximum absolute atomic E-state index is 13.9. The first-order chi connectivity index (χ1) is 10.5. The zero-order valence-corrected chi connectivity index (χ0v) is 12.6. The summed E-state index contributed by atoms with van der Waals surface area (Å²) >= 11 is 3.30. The molecule has 22 heavy (non-hydrogen) atoms. The Hall–Kier alpha value is -2.34. The van der Waals surface area contributed by atoms with E-state index in [0.717, 1.165) is 18.2 Å². The Morgan fingerprint density at radius 1 is 1.14 bits per heavy atom. The van der Waals surface area contributed by atoms with Gasteiger partial charge in [-0.1, -0.05) is 12.1 Å². The lowest BCUT2D eigenvalue weighted by atomic mass is 10.0. The van der Waals surface area contributed by atoms with E-state index in [1.807, 2.05) is 0 Å². The Bertz CT molecular complexity index is 912. The summed E-state index contributed by atoms with van der Waals surface area (Å²) in [6.45, 7) is 0. The predicted octanol–water partition coefficient (Wildman–Crippen LogP) is 4.64. The predicted molar refractivity (Wildman–Crippen MR) is 81.8 cm³/mol.